The number of nitrogens with zero attached hydrogens (tertiary/aromatic N) is 4. The Labute approximate surface area is 217 Å². The van der Waals surface area contributed by atoms with Gasteiger partial charge in [-0.2, -0.15) is 10.1 Å². The number of aryl methyl sites for hydroxylation is 1. The smallest absolute Gasteiger partial charge is 0.410 e. The van der Waals surface area contributed by atoms with E-state index in [0.717, 1.165) is 28.6 Å². The van der Waals surface area contributed by atoms with Crippen molar-refractivity contribution in [3.8, 4) is 0 Å². The standard InChI is InChI=1S/C29H34N4O4/c1-20(36-19-21-10-8-7-9-11-21)16-27(34)33(30-5)22-12-13-23-24-14-15-32(28(35)37-29(2,3)4)18-26(24)31(6)25(23)17-22/h7-13,16-17H,5,14-15,18-19H2,1-4,6H3/b20-16+. The number of rotatable bonds is 6. The van der Waals surface area contributed by atoms with E-state index in [-0.39, 0.29) is 12.0 Å². The summed E-state index contributed by atoms with van der Waals surface area (Å²) in [6, 6.07) is 15.6. The molecule has 1 aliphatic rings. The summed E-state index contributed by atoms with van der Waals surface area (Å²) in [5.74, 6) is 0.134. The third-order valence-electron chi connectivity index (χ3n) is 6.28. The number of aromatic nitrogens is 1. The summed E-state index contributed by atoms with van der Waals surface area (Å²) in [6.07, 6.45) is 1.83. The van der Waals surface area contributed by atoms with Crippen molar-refractivity contribution in [3.63, 3.8) is 0 Å². The zero-order valence-corrected chi connectivity index (χ0v) is 22.2. The number of hydrogen-bond acceptors (Lipinski definition) is 5. The first-order valence-corrected chi connectivity index (χ1v) is 12.3. The molecule has 0 radical (unpaired) electrons. The Bertz CT molecular complexity index is 1350. The fourth-order valence-electron chi connectivity index (χ4n) is 4.48. The Morgan fingerprint density at radius 2 is 1.89 bits per heavy atom. The molecule has 8 nitrogen and oxygen atoms in total. The van der Waals surface area contributed by atoms with Crippen LogP contribution in [-0.4, -0.2) is 40.3 Å². The molecule has 0 N–H and O–H groups in total. The largest absolute Gasteiger partial charge is 0.493 e. The van der Waals surface area contributed by atoms with Gasteiger partial charge in [0, 0.05) is 37.5 Å². The maximum atomic E-state index is 13.0. The second-order valence-electron chi connectivity index (χ2n) is 10.2. The molecule has 194 valence electrons. The Hall–Kier alpha value is -4.07. The van der Waals surface area contributed by atoms with Gasteiger partial charge in [-0.1, -0.05) is 36.4 Å². The normalized spacial score (nSPS) is 13.8. The minimum Gasteiger partial charge on any atom is -0.493 e. The number of allylic oxidation sites excluding steroid dienone is 1. The molecule has 0 atom stereocenters. The van der Waals surface area contributed by atoms with Crippen LogP contribution in [0.25, 0.3) is 10.9 Å². The Morgan fingerprint density at radius 3 is 2.57 bits per heavy atom. The fourth-order valence-corrected chi connectivity index (χ4v) is 4.48. The molecule has 0 unspecified atom stereocenters. The highest BCUT2D eigenvalue weighted by atomic mass is 16.6. The van der Waals surface area contributed by atoms with E-state index in [1.165, 1.54) is 16.6 Å². The van der Waals surface area contributed by atoms with Crippen molar-refractivity contribution in [2.75, 3.05) is 11.6 Å². The Morgan fingerprint density at radius 1 is 1.16 bits per heavy atom. The van der Waals surface area contributed by atoms with Crippen molar-refractivity contribution < 1.29 is 19.1 Å². The van der Waals surface area contributed by atoms with Crippen LogP contribution < -0.4 is 5.01 Å². The van der Waals surface area contributed by atoms with E-state index in [1.807, 2.05) is 76.3 Å². The molecule has 0 aliphatic carbocycles. The lowest BCUT2D eigenvalue weighted by Crippen LogP contribution is -2.40. The maximum absolute atomic E-state index is 13.0. The lowest BCUT2D eigenvalue weighted by Gasteiger charge is -2.30. The number of anilines is 1. The van der Waals surface area contributed by atoms with Crippen LogP contribution in [0.2, 0.25) is 0 Å². The molecule has 0 saturated heterocycles. The highest BCUT2D eigenvalue weighted by Crippen LogP contribution is 2.33. The molecule has 3 aromatic rings. The van der Waals surface area contributed by atoms with Crippen LogP contribution in [-0.2, 0) is 40.9 Å². The van der Waals surface area contributed by atoms with Crippen LogP contribution in [0.1, 0.15) is 44.5 Å². The van der Waals surface area contributed by atoms with Gasteiger partial charge in [-0.3, -0.25) is 4.79 Å². The topological polar surface area (TPSA) is 76.4 Å². The SMILES string of the molecule is C=NN(C(=O)/C=C(\C)OCc1ccccc1)c1ccc2c3c(n(C)c2c1)CN(C(=O)OC(C)(C)C)CC3. The summed E-state index contributed by atoms with van der Waals surface area (Å²) in [5.41, 5.74) is 4.29. The van der Waals surface area contributed by atoms with E-state index >= 15 is 0 Å². The van der Waals surface area contributed by atoms with E-state index in [4.69, 9.17) is 9.47 Å². The van der Waals surface area contributed by atoms with Crippen LogP contribution in [0.5, 0.6) is 0 Å². The molecular formula is C29H34N4O4. The maximum Gasteiger partial charge on any atom is 0.410 e. The molecule has 0 fully saturated rings. The number of carbonyl (C=O) groups is 2. The first kappa shape index (κ1) is 26.0. The fraction of sp³-hybridized carbons (Fsp3) is 0.345. The number of carbonyl (C=O) groups excluding carboxylic acids is 2. The Kier molecular flexibility index (Phi) is 7.38. The summed E-state index contributed by atoms with van der Waals surface area (Å²) in [7, 11) is 1.97. The molecular weight excluding hydrogens is 468 g/mol. The van der Waals surface area contributed by atoms with Gasteiger partial charge in [0.2, 0.25) is 0 Å². The second-order valence-corrected chi connectivity index (χ2v) is 10.2. The average Bonchev–Trinajstić information content (AvgIpc) is 3.14. The summed E-state index contributed by atoms with van der Waals surface area (Å²) >= 11 is 0. The zero-order chi connectivity index (χ0) is 26.7. The van der Waals surface area contributed by atoms with Gasteiger partial charge < -0.3 is 18.9 Å². The van der Waals surface area contributed by atoms with Crippen molar-refractivity contribution in [1.82, 2.24) is 9.47 Å². The predicted molar refractivity (Wildman–Crippen MR) is 145 cm³/mol. The van der Waals surface area contributed by atoms with Gasteiger partial charge in [0.15, 0.2) is 0 Å². The van der Waals surface area contributed by atoms with Crippen LogP contribution in [0, 0.1) is 0 Å². The van der Waals surface area contributed by atoms with Gasteiger partial charge in [-0.25, -0.2) is 4.79 Å². The molecule has 1 aromatic heterocycles. The van der Waals surface area contributed by atoms with Crippen molar-refractivity contribution >= 4 is 35.3 Å². The molecule has 0 bridgehead atoms. The van der Waals surface area contributed by atoms with Crippen molar-refractivity contribution in [2.24, 2.45) is 12.1 Å². The van der Waals surface area contributed by atoms with Gasteiger partial charge in [-0.05, 0) is 57.4 Å². The van der Waals surface area contributed by atoms with E-state index < -0.39 is 5.60 Å². The highest BCUT2D eigenvalue weighted by Gasteiger charge is 2.29. The van der Waals surface area contributed by atoms with Crippen LogP contribution >= 0.6 is 0 Å². The van der Waals surface area contributed by atoms with Crippen LogP contribution in [0.3, 0.4) is 0 Å². The number of benzene rings is 2. The monoisotopic (exact) mass is 502 g/mol. The molecule has 0 saturated carbocycles. The van der Waals surface area contributed by atoms with Gasteiger partial charge in [0.1, 0.15) is 12.2 Å². The molecule has 2 aromatic carbocycles. The van der Waals surface area contributed by atoms with Gasteiger partial charge >= 0.3 is 6.09 Å². The van der Waals surface area contributed by atoms with Crippen LogP contribution in [0.4, 0.5) is 10.5 Å². The minimum absolute atomic E-state index is 0.312. The first-order chi connectivity index (χ1) is 17.6. The highest BCUT2D eigenvalue weighted by molar-refractivity contribution is 6.03. The average molecular weight is 503 g/mol. The summed E-state index contributed by atoms with van der Waals surface area (Å²) in [4.78, 5) is 27.4. The Balaban J connectivity index is 1.54. The first-order valence-electron chi connectivity index (χ1n) is 12.3. The van der Waals surface area contributed by atoms with Crippen molar-refractivity contribution in [3.05, 3.63) is 77.2 Å². The molecule has 2 heterocycles. The lowest BCUT2D eigenvalue weighted by atomic mass is 10.0. The number of ether oxygens (including phenoxy) is 2. The second kappa shape index (κ2) is 10.5. The number of hydrazone groups is 1. The van der Waals surface area contributed by atoms with Crippen LogP contribution in [0.15, 0.2) is 65.5 Å². The minimum atomic E-state index is -0.543. The third kappa shape index (κ3) is 5.85. The number of fused-ring (bicyclic) bond motifs is 3. The summed E-state index contributed by atoms with van der Waals surface area (Å²) in [6.45, 7) is 12.4. The van der Waals surface area contributed by atoms with E-state index in [9.17, 15) is 9.59 Å². The van der Waals surface area contributed by atoms with Crippen molar-refractivity contribution in [2.45, 2.75) is 52.9 Å². The molecule has 37 heavy (non-hydrogen) atoms. The van der Waals surface area contributed by atoms with Crippen molar-refractivity contribution in [1.29, 1.82) is 0 Å². The van der Waals surface area contributed by atoms with E-state index in [2.05, 4.69) is 16.4 Å². The molecule has 4 rings (SSSR count). The zero-order valence-electron chi connectivity index (χ0n) is 22.2. The summed E-state index contributed by atoms with van der Waals surface area (Å²) < 4.78 is 13.4. The molecule has 1 aliphatic heterocycles. The van der Waals surface area contributed by atoms with Gasteiger partial charge in [-0.15, -0.1) is 0 Å². The summed E-state index contributed by atoms with van der Waals surface area (Å²) in [5, 5.41) is 6.33. The quantitative estimate of drug-likeness (QED) is 0.192. The molecule has 2 amide bonds. The van der Waals surface area contributed by atoms with E-state index in [0.29, 0.717) is 31.1 Å². The third-order valence-corrected chi connectivity index (χ3v) is 6.28. The number of hydrogen-bond donors (Lipinski definition) is 0. The lowest BCUT2D eigenvalue weighted by molar-refractivity contribution is -0.114. The molecule has 8 heteroatoms. The molecule has 0 spiro atoms. The van der Waals surface area contributed by atoms with E-state index in [1.54, 1.807) is 11.8 Å². The van der Waals surface area contributed by atoms with Gasteiger partial charge in [0.25, 0.3) is 5.91 Å². The number of amides is 2. The predicted octanol–water partition coefficient (Wildman–Crippen LogP) is 5.54. The van der Waals surface area contributed by atoms with Gasteiger partial charge in [0.05, 0.1) is 23.5 Å².